The summed E-state index contributed by atoms with van der Waals surface area (Å²) in [5.74, 6) is 0. The Kier molecular flexibility index (Phi) is 4.89. The predicted molar refractivity (Wildman–Crippen MR) is 64.1 cm³/mol. The van der Waals surface area contributed by atoms with Crippen molar-refractivity contribution in [2.24, 2.45) is 0 Å². The minimum Gasteiger partial charge on any atom is -0.291 e. The third kappa shape index (κ3) is 4.07. The van der Waals surface area contributed by atoms with E-state index in [1.54, 1.807) is 0 Å². The van der Waals surface area contributed by atoms with E-state index in [0.717, 1.165) is 10.2 Å². The van der Waals surface area contributed by atoms with Crippen LogP contribution in [0, 0.1) is 0 Å². The van der Waals surface area contributed by atoms with Gasteiger partial charge in [-0.1, -0.05) is 0 Å². The monoisotopic (exact) mass is 200 g/mol. The van der Waals surface area contributed by atoms with E-state index in [9.17, 15) is 0 Å². The second kappa shape index (κ2) is 4.93. The van der Waals surface area contributed by atoms with Crippen molar-refractivity contribution in [1.29, 1.82) is 0 Å². The summed E-state index contributed by atoms with van der Waals surface area (Å²) in [6, 6.07) is 0. The number of hydrogen-bond acceptors (Lipinski definition) is 2. The average Bonchev–Trinajstić information content (AvgIpc) is 2.62. The largest absolute Gasteiger partial charge is 0.291 e. The summed E-state index contributed by atoms with van der Waals surface area (Å²) in [6.07, 6.45) is 2.65. The molecule has 13 heavy (non-hydrogen) atoms. The van der Waals surface area contributed by atoms with E-state index in [1.807, 2.05) is 6.92 Å². The highest BCUT2D eigenvalue weighted by molar-refractivity contribution is 6.20. The Morgan fingerprint density at radius 1 is 1.15 bits per heavy atom. The molecular weight excluding hydrogens is 176 g/mol. The SMILES string of the molecule is C=C(C)[SiH3].CN(C)C1(N(C)C)CC1. The maximum absolute atomic E-state index is 3.62. The van der Waals surface area contributed by atoms with E-state index < -0.39 is 0 Å². The van der Waals surface area contributed by atoms with Crippen molar-refractivity contribution >= 4 is 10.2 Å². The smallest absolute Gasteiger partial charge is 0.0730 e. The van der Waals surface area contributed by atoms with Crippen LogP contribution < -0.4 is 0 Å². The van der Waals surface area contributed by atoms with Crippen molar-refractivity contribution in [3.05, 3.63) is 11.8 Å². The second-order valence-electron chi connectivity index (χ2n) is 4.48. The molecule has 1 aliphatic rings. The van der Waals surface area contributed by atoms with Crippen LogP contribution >= 0.6 is 0 Å². The van der Waals surface area contributed by atoms with E-state index in [2.05, 4.69) is 44.6 Å². The molecule has 0 N–H and O–H groups in total. The third-order valence-electron chi connectivity index (χ3n) is 2.36. The summed E-state index contributed by atoms with van der Waals surface area (Å²) in [5, 5.41) is 1.31. The zero-order valence-corrected chi connectivity index (χ0v) is 12.0. The van der Waals surface area contributed by atoms with Crippen molar-refractivity contribution in [2.75, 3.05) is 28.2 Å². The maximum Gasteiger partial charge on any atom is 0.0730 e. The Hall–Kier alpha value is -0.123. The van der Waals surface area contributed by atoms with E-state index in [4.69, 9.17) is 0 Å². The highest BCUT2D eigenvalue weighted by atomic mass is 28.1. The summed E-state index contributed by atoms with van der Waals surface area (Å²) in [6.45, 7) is 5.65. The van der Waals surface area contributed by atoms with Gasteiger partial charge in [-0.15, -0.1) is 11.8 Å². The van der Waals surface area contributed by atoms with Crippen molar-refractivity contribution in [3.8, 4) is 0 Å². The first-order valence-corrected chi connectivity index (χ1v) is 5.80. The molecule has 0 spiro atoms. The molecule has 0 atom stereocenters. The zero-order chi connectivity index (χ0) is 10.6. The lowest BCUT2D eigenvalue weighted by Gasteiger charge is -2.30. The molecule has 1 saturated carbocycles. The Morgan fingerprint density at radius 3 is 1.38 bits per heavy atom. The van der Waals surface area contributed by atoms with Gasteiger partial charge in [-0.25, -0.2) is 0 Å². The van der Waals surface area contributed by atoms with Crippen LogP contribution in [0.15, 0.2) is 11.8 Å². The molecule has 0 radical (unpaired) electrons. The molecule has 0 heterocycles. The first-order valence-electron chi connectivity index (χ1n) is 4.80. The summed E-state index contributed by atoms with van der Waals surface area (Å²) >= 11 is 0. The van der Waals surface area contributed by atoms with Crippen LogP contribution in [0.1, 0.15) is 19.8 Å². The molecular formula is C10H24N2Si. The van der Waals surface area contributed by atoms with Crippen LogP contribution in [0.3, 0.4) is 0 Å². The van der Waals surface area contributed by atoms with Gasteiger partial charge in [0.1, 0.15) is 0 Å². The van der Waals surface area contributed by atoms with Gasteiger partial charge in [0.2, 0.25) is 0 Å². The number of rotatable bonds is 2. The summed E-state index contributed by atoms with van der Waals surface area (Å²) in [4.78, 5) is 4.60. The lowest BCUT2D eigenvalue weighted by Crippen LogP contribution is -2.42. The molecule has 0 aromatic heterocycles. The van der Waals surface area contributed by atoms with Crippen LogP contribution in [-0.2, 0) is 0 Å². The molecule has 3 heteroatoms. The van der Waals surface area contributed by atoms with Crippen LogP contribution in [0.2, 0.25) is 0 Å². The molecule has 1 rings (SSSR count). The van der Waals surface area contributed by atoms with E-state index in [-0.39, 0.29) is 0 Å². The van der Waals surface area contributed by atoms with Gasteiger partial charge in [-0.05, 0) is 48.0 Å². The van der Waals surface area contributed by atoms with Gasteiger partial charge >= 0.3 is 0 Å². The highest BCUT2D eigenvalue weighted by Gasteiger charge is 2.46. The highest BCUT2D eigenvalue weighted by Crippen LogP contribution is 2.41. The third-order valence-corrected chi connectivity index (χ3v) is 2.36. The lowest BCUT2D eigenvalue weighted by molar-refractivity contribution is 0.105. The second-order valence-corrected chi connectivity index (χ2v) is 6.19. The molecule has 1 fully saturated rings. The predicted octanol–water partition coefficient (Wildman–Crippen LogP) is 0.485. The summed E-state index contributed by atoms with van der Waals surface area (Å²) in [7, 11) is 9.74. The fraction of sp³-hybridized carbons (Fsp3) is 0.800. The van der Waals surface area contributed by atoms with Crippen molar-refractivity contribution in [2.45, 2.75) is 25.4 Å². The Balaban J connectivity index is 0.000000310. The molecule has 0 unspecified atom stereocenters. The molecule has 0 saturated heterocycles. The minimum absolute atomic E-state index is 0.417. The Bertz CT molecular complexity index is 158. The fourth-order valence-electron chi connectivity index (χ4n) is 1.41. The van der Waals surface area contributed by atoms with Crippen molar-refractivity contribution in [3.63, 3.8) is 0 Å². The molecule has 0 aromatic carbocycles. The molecule has 0 aliphatic heterocycles. The van der Waals surface area contributed by atoms with Crippen LogP contribution in [-0.4, -0.2) is 53.9 Å². The Morgan fingerprint density at radius 2 is 1.38 bits per heavy atom. The number of nitrogens with zero attached hydrogens (tertiary/aromatic N) is 2. The summed E-state index contributed by atoms with van der Waals surface area (Å²) < 4.78 is 0. The van der Waals surface area contributed by atoms with Crippen LogP contribution in [0.25, 0.3) is 0 Å². The first kappa shape index (κ1) is 12.9. The van der Waals surface area contributed by atoms with Gasteiger partial charge in [0, 0.05) is 10.2 Å². The molecule has 1 aliphatic carbocycles. The average molecular weight is 200 g/mol. The van der Waals surface area contributed by atoms with Gasteiger partial charge in [0.25, 0.3) is 0 Å². The molecule has 2 nitrogen and oxygen atoms in total. The molecule has 0 bridgehead atoms. The minimum atomic E-state index is 0.417. The van der Waals surface area contributed by atoms with Crippen molar-refractivity contribution < 1.29 is 0 Å². The van der Waals surface area contributed by atoms with Gasteiger partial charge in [-0.3, -0.25) is 9.80 Å². The fourth-order valence-corrected chi connectivity index (χ4v) is 1.41. The quantitative estimate of drug-likeness (QED) is 0.473. The van der Waals surface area contributed by atoms with Crippen LogP contribution in [0.4, 0.5) is 0 Å². The molecule has 0 amide bonds. The standard InChI is InChI=1S/C7H16N2.C3H8Si/c1-8(2)7(5-6-7)9(3)4;1-3(2)4/h5-6H2,1-4H3;1H2,2,4H3. The maximum atomic E-state index is 3.62. The van der Waals surface area contributed by atoms with Gasteiger partial charge in [0.15, 0.2) is 0 Å². The molecule has 0 aromatic rings. The normalized spacial score (nSPS) is 18.4. The van der Waals surface area contributed by atoms with Crippen LogP contribution in [0.5, 0.6) is 0 Å². The molecule has 78 valence electrons. The number of hydrogen-bond donors (Lipinski definition) is 0. The van der Waals surface area contributed by atoms with E-state index in [1.165, 1.54) is 18.0 Å². The topological polar surface area (TPSA) is 6.48 Å². The van der Waals surface area contributed by atoms with Gasteiger partial charge in [-0.2, -0.15) is 0 Å². The number of allylic oxidation sites excluding steroid dienone is 1. The van der Waals surface area contributed by atoms with E-state index in [0.29, 0.717) is 5.66 Å². The lowest BCUT2D eigenvalue weighted by atomic mass is 10.4. The summed E-state index contributed by atoms with van der Waals surface area (Å²) in [5.41, 5.74) is 0.417. The van der Waals surface area contributed by atoms with Gasteiger partial charge < -0.3 is 0 Å². The Labute approximate surface area is 86.0 Å². The van der Waals surface area contributed by atoms with Gasteiger partial charge in [0.05, 0.1) is 5.66 Å². The van der Waals surface area contributed by atoms with Crippen molar-refractivity contribution in [1.82, 2.24) is 9.80 Å². The van der Waals surface area contributed by atoms with E-state index >= 15 is 0 Å². The zero-order valence-electron chi connectivity index (χ0n) is 10.0. The first-order chi connectivity index (χ1) is 5.83.